The van der Waals surface area contributed by atoms with E-state index in [9.17, 15) is 19.8 Å². The molecule has 0 saturated carbocycles. The van der Waals surface area contributed by atoms with Crippen molar-refractivity contribution in [3.8, 4) is 11.5 Å². The zero-order valence-electron chi connectivity index (χ0n) is 12.4. The smallest absolute Gasteiger partial charge is 0.338 e. The number of hydrogen-bond acceptors (Lipinski definition) is 7. The van der Waals surface area contributed by atoms with Crippen molar-refractivity contribution in [3.05, 3.63) is 46.9 Å². The Hall–Kier alpha value is -2.96. The average Bonchev–Trinajstić information content (AvgIpc) is 2.65. The number of ether oxygens (including phenoxy) is 3. The van der Waals surface area contributed by atoms with Crippen molar-refractivity contribution in [2.45, 2.75) is 13.2 Å². The molecule has 0 amide bonds. The second kappa shape index (κ2) is 5.35. The first-order chi connectivity index (χ1) is 11.0. The van der Waals surface area contributed by atoms with Crippen LogP contribution in [0.5, 0.6) is 11.5 Å². The average molecular weight is 318 g/mol. The van der Waals surface area contributed by atoms with E-state index in [0.717, 1.165) is 7.11 Å². The Labute approximate surface area is 131 Å². The van der Waals surface area contributed by atoms with Crippen LogP contribution in [-0.2, 0) is 14.3 Å². The van der Waals surface area contributed by atoms with Crippen LogP contribution in [0, 0.1) is 5.92 Å². The lowest BCUT2D eigenvalue weighted by Gasteiger charge is -2.31. The Balaban J connectivity index is 2.20. The number of aliphatic hydroxyl groups excluding tert-OH is 1. The van der Waals surface area contributed by atoms with E-state index in [1.807, 2.05) is 0 Å². The first-order valence-electron chi connectivity index (χ1n) is 6.82. The highest BCUT2D eigenvalue weighted by atomic mass is 16.7. The first-order valence-corrected chi connectivity index (χ1v) is 6.82. The van der Waals surface area contributed by atoms with Crippen LogP contribution in [0.3, 0.4) is 0 Å². The third kappa shape index (κ3) is 2.21. The van der Waals surface area contributed by atoms with E-state index in [-0.39, 0.29) is 28.2 Å². The molecule has 0 aromatic heterocycles. The van der Waals surface area contributed by atoms with Gasteiger partial charge in [-0.05, 0) is 19.1 Å². The number of phenolic OH excluding ortho intramolecular Hbond substituents is 1. The number of carbonyl (C=O) groups is 2. The van der Waals surface area contributed by atoms with Gasteiger partial charge >= 0.3 is 5.97 Å². The van der Waals surface area contributed by atoms with Crippen molar-refractivity contribution in [2.75, 3.05) is 7.11 Å². The van der Waals surface area contributed by atoms with Crippen LogP contribution >= 0.6 is 0 Å². The van der Waals surface area contributed by atoms with Crippen LogP contribution < -0.4 is 4.74 Å². The zero-order valence-corrected chi connectivity index (χ0v) is 12.4. The second-order valence-electron chi connectivity index (χ2n) is 5.17. The van der Waals surface area contributed by atoms with E-state index in [1.54, 1.807) is 0 Å². The number of allylic oxidation sites excluding steroid dienone is 1. The minimum Gasteiger partial charge on any atom is -0.507 e. The van der Waals surface area contributed by atoms with Gasteiger partial charge in [-0.1, -0.05) is 6.07 Å². The predicted molar refractivity (Wildman–Crippen MR) is 76.9 cm³/mol. The molecular weight excluding hydrogens is 304 g/mol. The number of fused-ring (bicyclic) bond motifs is 2. The molecule has 2 heterocycles. The fraction of sp³-hybridized carbons (Fsp3) is 0.250. The number of rotatable bonds is 1. The van der Waals surface area contributed by atoms with Gasteiger partial charge in [-0.15, -0.1) is 0 Å². The largest absolute Gasteiger partial charge is 0.507 e. The minimum absolute atomic E-state index is 0.0638. The third-order valence-corrected chi connectivity index (χ3v) is 3.77. The lowest BCUT2D eigenvalue weighted by molar-refractivity contribution is -0.138. The summed E-state index contributed by atoms with van der Waals surface area (Å²) in [5, 5.41) is 20.2. The van der Waals surface area contributed by atoms with Gasteiger partial charge < -0.3 is 24.4 Å². The Morgan fingerprint density at radius 1 is 1.30 bits per heavy atom. The summed E-state index contributed by atoms with van der Waals surface area (Å²) in [5.74, 6) is -3.25. The normalized spacial score (nSPS) is 22.9. The van der Waals surface area contributed by atoms with Crippen molar-refractivity contribution in [1.82, 2.24) is 0 Å². The molecule has 0 aliphatic carbocycles. The molecule has 7 nitrogen and oxygen atoms in total. The molecular formula is C16H14O7. The molecule has 0 saturated heterocycles. The summed E-state index contributed by atoms with van der Waals surface area (Å²) in [6.45, 7) is 1.52. The van der Waals surface area contributed by atoms with Crippen molar-refractivity contribution in [3.63, 3.8) is 0 Å². The van der Waals surface area contributed by atoms with Gasteiger partial charge in [-0.25, -0.2) is 4.79 Å². The Morgan fingerprint density at radius 2 is 2.04 bits per heavy atom. The maximum Gasteiger partial charge on any atom is 0.338 e. The van der Waals surface area contributed by atoms with E-state index in [0.29, 0.717) is 0 Å². The molecule has 1 aromatic rings. The molecule has 120 valence electrons. The molecule has 7 heteroatoms. The molecule has 2 aliphatic heterocycles. The molecule has 2 N–H and O–H groups in total. The Bertz CT molecular complexity index is 760. The lowest BCUT2D eigenvalue weighted by atomic mass is 9.85. The van der Waals surface area contributed by atoms with Crippen LogP contribution in [0.15, 0.2) is 41.4 Å². The summed E-state index contributed by atoms with van der Waals surface area (Å²) in [6.07, 6.45) is 0.0646. The highest BCUT2D eigenvalue weighted by Gasteiger charge is 2.47. The number of hydrogen-bond donors (Lipinski definition) is 2. The molecule has 0 fully saturated rings. The van der Waals surface area contributed by atoms with E-state index < -0.39 is 29.7 Å². The molecule has 2 unspecified atom stereocenters. The van der Waals surface area contributed by atoms with Crippen LogP contribution in [0.2, 0.25) is 0 Å². The monoisotopic (exact) mass is 318 g/mol. The standard InChI is InChI=1S/C16H14O7/c1-7-6-22-16-12(11(13(7)18)15(20)21-2)14(19)10-8(17)4-3-5-9(10)23-16/h3-6,12,16-18H,1-2H3. The molecule has 3 rings (SSSR count). The van der Waals surface area contributed by atoms with Crippen molar-refractivity contribution in [2.24, 2.45) is 5.92 Å². The fourth-order valence-electron chi connectivity index (χ4n) is 2.63. The molecule has 0 radical (unpaired) electrons. The number of phenols is 1. The topological polar surface area (TPSA) is 102 Å². The van der Waals surface area contributed by atoms with Gasteiger partial charge in [0.05, 0.1) is 18.9 Å². The van der Waals surface area contributed by atoms with Crippen molar-refractivity contribution in [1.29, 1.82) is 0 Å². The first kappa shape index (κ1) is 15.0. The van der Waals surface area contributed by atoms with E-state index in [4.69, 9.17) is 9.47 Å². The molecule has 2 atom stereocenters. The van der Waals surface area contributed by atoms with E-state index in [2.05, 4.69) is 4.74 Å². The number of benzene rings is 1. The van der Waals surface area contributed by atoms with E-state index >= 15 is 0 Å². The number of methoxy groups -OCH3 is 1. The molecule has 0 spiro atoms. The van der Waals surface area contributed by atoms with Crippen LogP contribution in [-0.4, -0.2) is 35.4 Å². The minimum atomic E-state index is -1.25. The summed E-state index contributed by atoms with van der Waals surface area (Å²) in [6, 6.07) is 4.37. The van der Waals surface area contributed by atoms with Gasteiger partial charge in [-0.2, -0.15) is 0 Å². The number of Topliss-reactive ketones (excluding diaryl/α,β-unsaturated/α-hetero) is 1. The molecule has 0 bridgehead atoms. The van der Waals surface area contributed by atoms with Gasteiger partial charge in [0.25, 0.3) is 6.29 Å². The van der Waals surface area contributed by atoms with Gasteiger partial charge in [0.2, 0.25) is 0 Å². The number of aliphatic hydroxyl groups is 1. The Kier molecular flexibility index (Phi) is 3.48. The summed E-state index contributed by atoms with van der Waals surface area (Å²) >= 11 is 0. The van der Waals surface area contributed by atoms with Crippen LogP contribution in [0.25, 0.3) is 0 Å². The number of aromatic hydroxyl groups is 1. The number of ketones is 1. The summed E-state index contributed by atoms with van der Waals surface area (Å²) in [4.78, 5) is 24.9. The number of esters is 1. The van der Waals surface area contributed by atoms with Gasteiger partial charge in [0.1, 0.15) is 28.7 Å². The third-order valence-electron chi connectivity index (χ3n) is 3.77. The predicted octanol–water partition coefficient (Wildman–Crippen LogP) is 1.83. The zero-order chi connectivity index (χ0) is 16.7. The molecule has 2 aliphatic rings. The SMILES string of the molecule is COC(=O)C1=C(O)C(C)=COC2Oc3cccc(O)c3C(=O)C12. The number of carbonyl (C=O) groups excluding carboxylic acids is 2. The van der Waals surface area contributed by atoms with Crippen LogP contribution in [0.1, 0.15) is 17.3 Å². The summed E-state index contributed by atoms with van der Waals surface area (Å²) in [5.41, 5.74) is -0.0711. The van der Waals surface area contributed by atoms with Gasteiger partial charge in [-0.3, -0.25) is 4.79 Å². The lowest BCUT2D eigenvalue weighted by Crippen LogP contribution is -2.41. The molecule has 1 aromatic carbocycles. The second-order valence-corrected chi connectivity index (χ2v) is 5.17. The maximum atomic E-state index is 12.8. The van der Waals surface area contributed by atoms with Gasteiger partial charge in [0, 0.05) is 5.57 Å². The summed E-state index contributed by atoms with van der Waals surface area (Å²) in [7, 11) is 1.14. The Morgan fingerprint density at radius 3 is 2.74 bits per heavy atom. The highest BCUT2D eigenvalue weighted by Crippen LogP contribution is 2.41. The fourth-order valence-corrected chi connectivity index (χ4v) is 2.63. The van der Waals surface area contributed by atoms with Gasteiger partial charge in [0.15, 0.2) is 5.78 Å². The maximum absolute atomic E-state index is 12.8. The van der Waals surface area contributed by atoms with Crippen molar-refractivity contribution >= 4 is 11.8 Å². The highest BCUT2D eigenvalue weighted by molar-refractivity contribution is 6.09. The van der Waals surface area contributed by atoms with Crippen molar-refractivity contribution < 1.29 is 34.0 Å². The van der Waals surface area contributed by atoms with E-state index in [1.165, 1.54) is 31.4 Å². The summed E-state index contributed by atoms with van der Waals surface area (Å²) < 4.78 is 15.6. The molecule has 23 heavy (non-hydrogen) atoms. The van der Waals surface area contributed by atoms with Crippen LogP contribution in [0.4, 0.5) is 0 Å². The quantitative estimate of drug-likeness (QED) is 0.761.